The highest BCUT2D eigenvalue weighted by atomic mass is 32.1. The Kier molecular flexibility index (Phi) is 4.35. The van der Waals surface area contributed by atoms with Crippen molar-refractivity contribution in [3.05, 3.63) is 62.5 Å². The molecule has 3 nitrogen and oxygen atoms in total. The summed E-state index contributed by atoms with van der Waals surface area (Å²) in [7, 11) is 0. The Morgan fingerprint density at radius 3 is 2.42 bits per heavy atom. The van der Waals surface area contributed by atoms with Crippen LogP contribution in [0.1, 0.15) is 49.5 Å². The smallest absolute Gasteiger partial charge is 0.262 e. The monoisotopic (exact) mass is 340 g/mol. The van der Waals surface area contributed by atoms with Gasteiger partial charge in [-0.25, -0.2) is 4.98 Å². The predicted molar refractivity (Wildman–Crippen MR) is 102 cm³/mol. The largest absolute Gasteiger partial charge is 0.292 e. The van der Waals surface area contributed by atoms with E-state index in [0.717, 1.165) is 28.0 Å². The molecule has 0 amide bonds. The van der Waals surface area contributed by atoms with Gasteiger partial charge in [-0.15, -0.1) is 11.3 Å². The van der Waals surface area contributed by atoms with Crippen LogP contribution in [0.4, 0.5) is 0 Å². The lowest BCUT2D eigenvalue weighted by Gasteiger charge is -2.19. The molecule has 2 aromatic heterocycles. The minimum absolute atomic E-state index is 0.0633. The zero-order valence-corrected chi connectivity index (χ0v) is 15.8. The quantitative estimate of drug-likeness (QED) is 0.694. The summed E-state index contributed by atoms with van der Waals surface area (Å²) >= 11 is 1.62. The lowest BCUT2D eigenvalue weighted by molar-refractivity contribution is 0.589. The molecule has 0 spiro atoms. The van der Waals surface area contributed by atoms with Crippen LogP contribution in [0.15, 0.2) is 35.1 Å². The molecule has 0 radical (unpaired) electrons. The number of nitrogens with zero attached hydrogens (tertiary/aromatic N) is 2. The zero-order valence-electron chi connectivity index (χ0n) is 15.0. The Morgan fingerprint density at radius 2 is 1.83 bits per heavy atom. The van der Waals surface area contributed by atoms with Gasteiger partial charge in [-0.2, -0.15) is 0 Å². The zero-order chi connectivity index (χ0) is 17.5. The van der Waals surface area contributed by atoms with E-state index in [9.17, 15) is 4.79 Å². The fourth-order valence-corrected chi connectivity index (χ4v) is 3.82. The molecule has 2 heterocycles. The Bertz CT molecular complexity index is 927. The number of hydrogen-bond donors (Lipinski definition) is 0. The molecule has 0 fully saturated rings. The number of aryl methyl sites for hydroxylation is 2. The molecule has 0 atom stereocenters. The summed E-state index contributed by atoms with van der Waals surface area (Å²) < 4.78 is 1.78. The van der Waals surface area contributed by atoms with Gasteiger partial charge in [0.15, 0.2) is 0 Å². The Labute approximate surface area is 147 Å². The number of aromatic nitrogens is 2. The van der Waals surface area contributed by atoms with E-state index in [2.05, 4.69) is 56.9 Å². The Hall–Kier alpha value is -1.94. The lowest BCUT2D eigenvalue weighted by atomic mass is 9.87. The third-order valence-electron chi connectivity index (χ3n) is 4.40. The van der Waals surface area contributed by atoms with Crippen LogP contribution < -0.4 is 5.56 Å². The molecule has 0 bridgehead atoms. The molecule has 4 heteroatoms. The first kappa shape index (κ1) is 16.9. The maximum Gasteiger partial charge on any atom is 0.262 e. The number of hydrogen-bond acceptors (Lipinski definition) is 3. The SMILES string of the molecule is CCc1cc2c(=O)n(Cc3ccc(C(C)(C)C)cc3)c(C)nc2s1. The molecule has 0 saturated heterocycles. The van der Waals surface area contributed by atoms with Crippen LogP contribution >= 0.6 is 11.3 Å². The summed E-state index contributed by atoms with van der Waals surface area (Å²) in [4.78, 5) is 19.5. The van der Waals surface area contributed by atoms with Gasteiger partial charge in [0.2, 0.25) is 0 Å². The lowest BCUT2D eigenvalue weighted by Crippen LogP contribution is -2.24. The van der Waals surface area contributed by atoms with Crippen molar-refractivity contribution in [1.82, 2.24) is 9.55 Å². The molecule has 3 aromatic rings. The fourth-order valence-electron chi connectivity index (χ4n) is 2.82. The normalized spacial score (nSPS) is 12.0. The second-order valence-corrected chi connectivity index (χ2v) is 8.40. The van der Waals surface area contributed by atoms with Crippen LogP contribution in [-0.2, 0) is 18.4 Å². The summed E-state index contributed by atoms with van der Waals surface area (Å²) in [5.41, 5.74) is 2.63. The van der Waals surface area contributed by atoms with E-state index in [1.165, 1.54) is 10.4 Å². The second kappa shape index (κ2) is 6.17. The summed E-state index contributed by atoms with van der Waals surface area (Å²) in [5.74, 6) is 0.775. The first-order valence-corrected chi connectivity index (χ1v) is 9.20. The van der Waals surface area contributed by atoms with E-state index >= 15 is 0 Å². The maximum atomic E-state index is 12.8. The van der Waals surface area contributed by atoms with Crippen LogP contribution in [0.3, 0.4) is 0 Å². The van der Waals surface area contributed by atoms with Gasteiger partial charge in [-0.1, -0.05) is 52.0 Å². The van der Waals surface area contributed by atoms with Crippen LogP contribution in [0.25, 0.3) is 10.2 Å². The first-order valence-electron chi connectivity index (χ1n) is 8.39. The van der Waals surface area contributed by atoms with Gasteiger partial charge < -0.3 is 0 Å². The molecule has 24 heavy (non-hydrogen) atoms. The molecule has 0 aliphatic heterocycles. The minimum Gasteiger partial charge on any atom is -0.292 e. The van der Waals surface area contributed by atoms with E-state index in [1.54, 1.807) is 15.9 Å². The highest BCUT2D eigenvalue weighted by Gasteiger charge is 2.14. The minimum atomic E-state index is 0.0633. The third kappa shape index (κ3) is 3.16. The molecule has 0 aliphatic rings. The van der Waals surface area contributed by atoms with Crippen molar-refractivity contribution in [2.24, 2.45) is 0 Å². The Morgan fingerprint density at radius 1 is 1.17 bits per heavy atom. The number of fused-ring (bicyclic) bond motifs is 1. The van der Waals surface area contributed by atoms with E-state index in [0.29, 0.717) is 6.54 Å². The van der Waals surface area contributed by atoms with Crippen LogP contribution in [0.5, 0.6) is 0 Å². The summed E-state index contributed by atoms with van der Waals surface area (Å²) in [6.07, 6.45) is 0.938. The van der Waals surface area contributed by atoms with Crippen LogP contribution in [-0.4, -0.2) is 9.55 Å². The number of rotatable bonds is 3. The number of thiophene rings is 1. The highest BCUT2D eigenvalue weighted by molar-refractivity contribution is 7.18. The van der Waals surface area contributed by atoms with E-state index < -0.39 is 0 Å². The van der Waals surface area contributed by atoms with Gasteiger partial charge in [-0.05, 0) is 36.0 Å². The van der Waals surface area contributed by atoms with Gasteiger partial charge in [0.25, 0.3) is 5.56 Å². The molecular formula is C20H24N2OS. The fraction of sp³-hybridized carbons (Fsp3) is 0.400. The van der Waals surface area contributed by atoms with Crippen molar-refractivity contribution in [2.75, 3.05) is 0 Å². The van der Waals surface area contributed by atoms with Gasteiger partial charge in [0.1, 0.15) is 10.7 Å². The molecular weight excluding hydrogens is 316 g/mol. The summed E-state index contributed by atoms with van der Waals surface area (Å²) in [6.45, 7) is 11.2. The van der Waals surface area contributed by atoms with Gasteiger partial charge in [0.05, 0.1) is 11.9 Å². The van der Waals surface area contributed by atoms with Crippen LogP contribution in [0, 0.1) is 6.92 Å². The van der Waals surface area contributed by atoms with Crippen molar-refractivity contribution in [1.29, 1.82) is 0 Å². The van der Waals surface area contributed by atoms with E-state index in [4.69, 9.17) is 0 Å². The molecule has 0 saturated carbocycles. The second-order valence-electron chi connectivity index (χ2n) is 7.28. The molecule has 126 valence electrons. The van der Waals surface area contributed by atoms with Crippen molar-refractivity contribution < 1.29 is 0 Å². The third-order valence-corrected chi connectivity index (χ3v) is 5.58. The molecule has 3 rings (SSSR count). The van der Waals surface area contributed by atoms with Gasteiger partial charge in [0, 0.05) is 4.88 Å². The van der Waals surface area contributed by atoms with Gasteiger partial charge in [-0.3, -0.25) is 9.36 Å². The van der Waals surface area contributed by atoms with Crippen molar-refractivity contribution in [3.63, 3.8) is 0 Å². The average molecular weight is 340 g/mol. The summed E-state index contributed by atoms with van der Waals surface area (Å²) in [5, 5.41) is 0.744. The first-order chi connectivity index (χ1) is 11.3. The van der Waals surface area contributed by atoms with Gasteiger partial charge >= 0.3 is 0 Å². The average Bonchev–Trinajstić information content (AvgIpc) is 2.94. The molecule has 0 unspecified atom stereocenters. The van der Waals surface area contributed by atoms with E-state index in [1.807, 2.05) is 13.0 Å². The number of benzene rings is 1. The molecule has 0 N–H and O–H groups in total. The van der Waals surface area contributed by atoms with Crippen molar-refractivity contribution in [3.8, 4) is 0 Å². The maximum absolute atomic E-state index is 12.8. The Balaban J connectivity index is 1.99. The van der Waals surface area contributed by atoms with Crippen LogP contribution in [0.2, 0.25) is 0 Å². The van der Waals surface area contributed by atoms with Crippen molar-refractivity contribution >= 4 is 21.6 Å². The molecule has 1 aromatic carbocycles. The standard InChI is InChI=1S/C20H24N2OS/c1-6-16-11-17-18(24-16)21-13(2)22(19(17)23)12-14-7-9-15(10-8-14)20(3,4)5/h7-11H,6,12H2,1-5H3. The topological polar surface area (TPSA) is 34.9 Å². The molecule has 0 aliphatic carbocycles. The van der Waals surface area contributed by atoms with Crippen molar-refractivity contribution in [2.45, 2.75) is 53.0 Å². The predicted octanol–water partition coefficient (Wildman–Crippen LogP) is 4.67. The highest BCUT2D eigenvalue weighted by Crippen LogP contribution is 2.24. The van der Waals surface area contributed by atoms with E-state index in [-0.39, 0.29) is 11.0 Å². The summed E-state index contributed by atoms with van der Waals surface area (Å²) in [6, 6.07) is 10.5.